The monoisotopic (exact) mass is 259 g/mol. The molecule has 100 valence electrons. The predicted molar refractivity (Wildman–Crippen MR) is 72.4 cm³/mol. The molecule has 0 amide bonds. The normalized spacial score (nSPS) is 10.4. The first-order valence-corrected chi connectivity index (χ1v) is 6.12. The van der Waals surface area contributed by atoms with Gasteiger partial charge in [0.2, 0.25) is 0 Å². The highest BCUT2D eigenvalue weighted by atomic mass is 16.5. The lowest BCUT2D eigenvalue weighted by molar-refractivity contribution is -0.142. The Balaban J connectivity index is 1.79. The lowest BCUT2D eigenvalue weighted by atomic mass is 10.1. The summed E-state index contributed by atoms with van der Waals surface area (Å²) < 4.78 is 6.96. The molecule has 2 rings (SSSR count). The quantitative estimate of drug-likeness (QED) is 0.649. The number of anilines is 1. The zero-order valence-corrected chi connectivity index (χ0v) is 10.9. The number of nitrogens with zero attached hydrogens (tertiary/aromatic N) is 2. The summed E-state index contributed by atoms with van der Waals surface area (Å²) in [4.78, 5) is 11.7. The van der Waals surface area contributed by atoms with Gasteiger partial charge in [0.25, 0.3) is 0 Å². The van der Waals surface area contributed by atoms with Gasteiger partial charge in [0, 0.05) is 31.0 Å². The van der Waals surface area contributed by atoms with E-state index in [2.05, 4.69) is 5.10 Å². The van der Waals surface area contributed by atoms with E-state index in [4.69, 9.17) is 10.5 Å². The van der Waals surface area contributed by atoms with Crippen LogP contribution < -0.4 is 5.73 Å². The maximum atomic E-state index is 11.7. The molecule has 0 aliphatic heterocycles. The molecule has 19 heavy (non-hydrogen) atoms. The zero-order chi connectivity index (χ0) is 13.7. The lowest BCUT2D eigenvalue weighted by Gasteiger charge is -2.07. The maximum Gasteiger partial charge on any atom is 0.310 e. The number of nitrogens with two attached hydrogens (primary N) is 1. The van der Waals surface area contributed by atoms with E-state index in [0.29, 0.717) is 18.7 Å². The van der Waals surface area contributed by atoms with Gasteiger partial charge in [-0.1, -0.05) is 18.2 Å². The van der Waals surface area contributed by atoms with E-state index >= 15 is 0 Å². The number of aromatic nitrogens is 2. The minimum absolute atomic E-state index is 0.206. The van der Waals surface area contributed by atoms with Crippen LogP contribution in [-0.4, -0.2) is 22.4 Å². The number of ether oxygens (including phenoxy) is 1. The van der Waals surface area contributed by atoms with Crippen LogP contribution in [0.1, 0.15) is 11.3 Å². The predicted octanol–water partition coefficient (Wildman–Crippen LogP) is 1.33. The minimum atomic E-state index is -0.264. The highest BCUT2D eigenvalue weighted by molar-refractivity contribution is 5.74. The maximum absolute atomic E-state index is 11.7. The van der Waals surface area contributed by atoms with Gasteiger partial charge in [-0.2, -0.15) is 5.10 Å². The average Bonchev–Trinajstić information content (AvgIpc) is 2.78. The van der Waals surface area contributed by atoms with E-state index in [1.54, 1.807) is 16.9 Å². The fourth-order valence-corrected chi connectivity index (χ4v) is 1.82. The van der Waals surface area contributed by atoms with Crippen molar-refractivity contribution in [3.05, 3.63) is 47.8 Å². The SMILES string of the molecule is Cn1nccc1CCOC(=O)Cc1ccccc1N. The van der Waals surface area contributed by atoms with Crippen LogP contribution in [0.3, 0.4) is 0 Å². The fraction of sp³-hybridized carbons (Fsp3) is 0.286. The van der Waals surface area contributed by atoms with Crippen LogP contribution in [0, 0.1) is 0 Å². The van der Waals surface area contributed by atoms with Crippen molar-refractivity contribution in [2.24, 2.45) is 7.05 Å². The second kappa shape index (κ2) is 6.04. The number of nitrogen functional groups attached to an aromatic ring is 1. The highest BCUT2D eigenvalue weighted by Gasteiger charge is 2.07. The van der Waals surface area contributed by atoms with E-state index in [9.17, 15) is 4.79 Å². The molecular weight excluding hydrogens is 242 g/mol. The topological polar surface area (TPSA) is 70.1 Å². The number of carbonyl (C=O) groups is 1. The number of hydrogen-bond acceptors (Lipinski definition) is 4. The van der Waals surface area contributed by atoms with Gasteiger partial charge in [0.05, 0.1) is 13.0 Å². The standard InChI is InChI=1S/C14H17N3O2/c1-17-12(6-8-16-17)7-9-19-14(18)10-11-4-2-3-5-13(11)15/h2-6,8H,7,9-10,15H2,1H3. The van der Waals surface area contributed by atoms with Gasteiger partial charge >= 0.3 is 5.97 Å². The van der Waals surface area contributed by atoms with Crippen LogP contribution >= 0.6 is 0 Å². The second-order valence-electron chi connectivity index (χ2n) is 4.29. The van der Waals surface area contributed by atoms with Gasteiger partial charge in [-0.3, -0.25) is 9.48 Å². The van der Waals surface area contributed by atoms with E-state index in [-0.39, 0.29) is 12.4 Å². The third-order valence-electron chi connectivity index (χ3n) is 2.93. The molecule has 0 radical (unpaired) electrons. The minimum Gasteiger partial charge on any atom is -0.465 e. The summed E-state index contributed by atoms with van der Waals surface area (Å²) in [5.41, 5.74) is 8.23. The molecule has 1 aromatic carbocycles. The Morgan fingerprint density at radius 1 is 1.37 bits per heavy atom. The molecule has 1 aromatic heterocycles. The number of rotatable bonds is 5. The Morgan fingerprint density at radius 2 is 2.16 bits per heavy atom. The van der Waals surface area contributed by atoms with Crippen molar-refractivity contribution in [3.8, 4) is 0 Å². The first kappa shape index (κ1) is 13.1. The Labute approximate surface area is 112 Å². The summed E-state index contributed by atoms with van der Waals surface area (Å²) in [5, 5.41) is 4.05. The Hall–Kier alpha value is -2.30. The van der Waals surface area contributed by atoms with Crippen LogP contribution in [-0.2, 0) is 29.4 Å². The van der Waals surface area contributed by atoms with Crippen molar-refractivity contribution in [1.82, 2.24) is 9.78 Å². The average molecular weight is 259 g/mol. The molecule has 0 saturated carbocycles. The van der Waals surface area contributed by atoms with Crippen LogP contribution in [0.15, 0.2) is 36.5 Å². The number of aryl methyl sites for hydroxylation is 1. The number of carbonyl (C=O) groups excluding carboxylic acids is 1. The molecule has 2 N–H and O–H groups in total. The largest absolute Gasteiger partial charge is 0.465 e. The number of esters is 1. The molecule has 0 unspecified atom stereocenters. The third kappa shape index (κ3) is 3.58. The van der Waals surface area contributed by atoms with Crippen LogP contribution in [0.4, 0.5) is 5.69 Å². The van der Waals surface area contributed by atoms with Gasteiger partial charge < -0.3 is 10.5 Å². The summed E-state index contributed by atoms with van der Waals surface area (Å²) in [6.07, 6.45) is 2.59. The van der Waals surface area contributed by atoms with Crippen molar-refractivity contribution in [2.75, 3.05) is 12.3 Å². The van der Waals surface area contributed by atoms with Crippen molar-refractivity contribution >= 4 is 11.7 Å². The van der Waals surface area contributed by atoms with Crippen molar-refractivity contribution in [3.63, 3.8) is 0 Å². The summed E-state index contributed by atoms with van der Waals surface area (Å²) in [6.45, 7) is 0.352. The molecule has 0 saturated heterocycles. The Kier molecular flexibility index (Phi) is 4.18. The number of hydrogen-bond donors (Lipinski definition) is 1. The Bertz CT molecular complexity index is 563. The van der Waals surface area contributed by atoms with E-state index in [1.165, 1.54) is 0 Å². The van der Waals surface area contributed by atoms with Crippen LogP contribution in [0.5, 0.6) is 0 Å². The molecule has 0 atom stereocenters. The molecule has 5 nitrogen and oxygen atoms in total. The number of benzene rings is 1. The molecule has 0 bridgehead atoms. The molecule has 1 heterocycles. The molecular formula is C14H17N3O2. The van der Waals surface area contributed by atoms with Crippen molar-refractivity contribution < 1.29 is 9.53 Å². The van der Waals surface area contributed by atoms with Gasteiger partial charge in [-0.25, -0.2) is 0 Å². The van der Waals surface area contributed by atoms with Gasteiger partial charge in [-0.05, 0) is 17.7 Å². The first-order chi connectivity index (χ1) is 9.16. The Morgan fingerprint density at radius 3 is 2.84 bits per heavy atom. The molecule has 0 fully saturated rings. The van der Waals surface area contributed by atoms with Gasteiger partial charge in [-0.15, -0.1) is 0 Å². The second-order valence-corrected chi connectivity index (χ2v) is 4.29. The molecule has 0 aliphatic carbocycles. The smallest absolute Gasteiger partial charge is 0.310 e. The van der Waals surface area contributed by atoms with Gasteiger partial charge in [0.15, 0.2) is 0 Å². The molecule has 5 heteroatoms. The van der Waals surface area contributed by atoms with E-state index in [0.717, 1.165) is 11.3 Å². The third-order valence-corrected chi connectivity index (χ3v) is 2.93. The molecule has 0 spiro atoms. The number of para-hydroxylation sites is 1. The van der Waals surface area contributed by atoms with Crippen LogP contribution in [0.25, 0.3) is 0 Å². The van der Waals surface area contributed by atoms with E-state index in [1.807, 2.05) is 31.3 Å². The highest BCUT2D eigenvalue weighted by Crippen LogP contribution is 2.11. The first-order valence-electron chi connectivity index (χ1n) is 6.12. The van der Waals surface area contributed by atoms with Crippen molar-refractivity contribution in [1.29, 1.82) is 0 Å². The lowest BCUT2D eigenvalue weighted by Crippen LogP contribution is -2.12. The summed E-state index contributed by atoms with van der Waals surface area (Å²) in [5.74, 6) is -0.264. The summed E-state index contributed by atoms with van der Waals surface area (Å²) in [7, 11) is 1.86. The molecule has 2 aromatic rings. The molecule has 0 aliphatic rings. The summed E-state index contributed by atoms with van der Waals surface area (Å²) >= 11 is 0. The fourth-order valence-electron chi connectivity index (χ4n) is 1.82. The van der Waals surface area contributed by atoms with Gasteiger partial charge in [0.1, 0.15) is 0 Å². The van der Waals surface area contributed by atoms with Crippen LogP contribution in [0.2, 0.25) is 0 Å². The van der Waals surface area contributed by atoms with E-state index < -0.39 is 0 Å². The zero-order valence-electron chi connectivity index (χ0n) is 10.9. The summed E-state index contributed by atoms with van der Waals surface area (Å²) in [6, 6.07) is 9.21. The van der Waals surface area contributed by atoms with Crippen molar-refractivity contribution in [2.45, 2.75) is 12.8 Å².